The number of benzene rings is 2. The first-order chi connectivity index (χ1) is 10.6. The van der Waals surface area contributed by atoms with Crippen LogP contribution in [0.3, 0.4) is 0 Å². The van der Waals surface area contributed by atoms with E-state index in [-0.39, 0.29) is 12.3 Å². The Morgan fingerprint density at radius 1 is 1.09 bits per heavy atom. The van der Waals surface area contributed by atoms with Gasteiger partial charge < -0.3 is 5.32 Å². The quantitative estimate of drug-likeness (QED) is 0.754. The molecule has 6 heteroatoms. The zero-order chi connectivity index (χ0) is 15.5. The summed E-state index contributed by atoms with van der Waals surface area (Å²) in [6.07, 6.45) is 0.156. The number of nitrogens with one attached hydrogen (secondary N) is 1. The van der Waals surface area contributed by atoms with Gasteiger partial charge in [0.15, 0.2) is 0 Å². The maximum atomic E-state index is 12.1. The highest BCUT2D eigenvalue weighted by Crippen LogP contribution is 2.25. The molecule has 0 unspecified atom stereocenters. The molecule has 3 rings (SSSR count). The normalized spacial score (nSPS) is 10.8. The van der Waals surface area contributed by atoms with Crippen molar-refractivity contribution in [3.63, 3.8) is 0 Å². The summed E-state index contributed by atoms with van der Waals surface area (Å²) < 4.78 is 1.11. The third kappa shape index (κ3) is 3.40. The minimum absolute atomic E-state index is 0.130. The first-order valence-electron chi connectivity index (χ1n) is 6.67. The summed E-state index contributed by atoms with van der Waals surface area (Å²) in [4.78, 5) is 16.5. The second kappa shape index (κ2) is 6.65. The van der Waals surface area contributed by atoms with Crippen LogP contribution in [-0.4, -0.2) is 10.9 Å². The number of hydrogen-bond acceptors (Lipinski definition) is 3. The molecule has 3 nitrogen and oxygen atoms in total. The monoisotopic (exact) mass is 350 g/mol. The minimum atomic E-state index is -0.130. The lowest BCUT2D eigenvalue weighted by atomic mass is 10.1. The highest BCUT2D eigenvalue weighted by atomic mass is 35.5. The molecule has 0 atom stereocenters. The van der Waals surface area contributed by atoms with Crippen LogP contribution < -0.4 is 5.32 Å². The SMILES string of the molecule is O=C(Cc1c(Cl)cccc1Cl)NCc1nc2ccccc2s1. The van der Waals surface area contributed by atoms with Crippen LogP contribution in [0, 0.1) is 0 Å². The Bertz CT molecular complexity index is 779. The molecule has 0 spiro atoms. The Morgan fingerprint density at radius 2 is 1.82 bits per heavy atom. The molecule has 3 aromatic rings. The third-order valence-electron chi connectivity index (χ3n) is 3.17. The number of aromatic nitrogens is 1. The molecule has 2 aromatic carbocycles. The Labute approximate surface area is 141 Å². The van der Waals surface area contributed by atoms with E-state index in [4.69, 9.17) is 23.2 Å². The molecule has 22 heavy (non-hydrogen) atoms. The molecule has 0 aliphatic carbocycles. The predicted molar refractivity (Wildman–Crippen MR) is 91.6 cm³/mol. The van der Waals surface area contributed by atoms with Crippen LogP contribution in [-0.2, 0) is 17.8 Å². The Hall–Kier alpha value is -1.62. The van der Waals surface area contributed by atoms with Gasteiger partial charge in [0.2, 0.25) is 5.91 Å². The lowest BCUT2D eigenvalue weighted by Crippen LogP contribution is -2.24. The van der Waals surface area contributed by atoms with Gasteiger partial charge in [-0.3, -0.25) is 4.79 Å². The second-order valence-corrected chi connectivity index (χ2v) is 6.66. The highest BCUT2D eigenvalue weighted by molar-refractivity contribution is 7.18. The molecule has 0 saturated carbocycles. The Kier molecular flexibility index (Phi) is 4.62. The van der Waals surface area contributed by atoms with Crippen molar-refractivity contribution in [2.75, 3.05) is 0 Å². The van der Waals surface area contributed by atoms with E-state index in [1.807, 2.05) is 24.3 Å². The molecule has 0 saturated heterocycles. The fraction of sp³-hybridized carbons (Fsp3) is 0.125. The van der Waals surface area contributed by atoms with E-state index in [0.717, 1.165) is 15.2 Å². The van der Waals surface area contributed by atoms with Crippen LogP contribution in [0.25, 0.3) is 10.2 Å². The number of amides is 1. The topological polar surface area (TPSA) is 42.0 Å². The molecule has 1 aromatic heterocycles. The van der Waals surface area contributed by atoms with Gasteiger partial charge in [-0.2, -0.15) is 0 Å². The fourth-order valence-corrected chi connectivity index (χ4v) is 3.53. The first kappa shape index (κ1) is 15.3. The van der Waals surface area contributed by atoms with Gasteiger partial charge in [0.1, 0.15) is 5.01 Å². The van der Waals surface area contributed by atoms with Crippen LogP contribution >= 0.6 is 34.5 Å². The third-order valence-corrected chi connectivity index (χ3v) is 4.92. The molecule has 0 bridgehead atoms. The van der Waals surface area contributed by atoms with Crippen LogP contribution in [0.1, 0.15) is 10.6 Å². The molecule has 0 aliphatic rings. The minimum Gasteiger partial charge on any atom is -0.349 e. The zero-order valence-electron chi connectivity index (χ0n) is 11.5. The van der Waals surface area contributed by atoms with Crippen molar-refractivity contribution in [3.8, 4) is 0 Å². The number of para-hydroxylation sites is 1. The number of halogens is 2. The summed E-state index contributed by atoms with van der Waals surface area (Å²) in [6, 6.07) is 13.1. The summed E-state index contributed by atoms with van der Waals surface area (Å²) in [5.74, 6) is -0.130. The van der Waals surface area contributed by atoms with Gasteiger partial charge in [0.25, 0.3) is 0 Å². The van der Waals surface area contributed by atoms with Crippen molar-refractivity contribution in [2.45, 2.75) is 13.0 Å². The lowest BCUT2D eigenvalue weighted by molar-refractivity contribution is -0.120. The molecule has 0 fully saturated rings. The van der Waals surface area contributed by atoms with Gasteiger partial charge in [0, 0.05) is 10.0 Å². The summed E-state index contributed by atoms with van der Waals surface area (Å²) >= 11 is 13.7. The first-order valence-corrected chi connectivity index (χ1v) is 8.25. The molecular formula is C16H12Cl2N2OS. The summed E-state index contributed by atoms with van der Waals surface area (Å²) in [5.41, 5.74) is 1.60. The standard InChI is InChI=1S/C16H12Cl2N2OS/c17-11-4-3-5-12(18)10(11)8-15(21)19-9-16-20-13-6-1-2-7-14(13)22-16/h1-7H,8-9H2,(H,19,21). The maximum Gasteiger partial charge on any atom is 0.224 e. The van der Waals surface area contributed by atoms with Crippen molar-refractivity contribution < 1.29 is 4.79 Å². The number of rotatable bonds is 4. The van der Waals surface area contributed by atoms with Crippen molar-refractivity contribution in [1.82, 2.24) is 10.3 Å². The second-order valence-electron chi connectivity index (χ2n) is 4.73. The van der Waals surface area contributed by atoms with Crippen molar-refractivity contribution >= 4 is 50.7 Å². The summed E-state index contributed by atoms with van der Waals surface area (Å²) in [7, 11) is 0. The highest BCUT2D eigenvalue weighted by Gasteiger charge is 2.11. The van der Waals surface area contributed by atoms with Gasteiger partial charge in [-0.25, -0.2) is 4.98 Å². The van der Waals surface area contributed by atoms with Crippen LogP contribution in [0.4, 0.5) is 0 Å². The van der Waals surface area contributed by atoms with E-state index in [1.54, 1.807) is 29.5 Å². The lowest BCUT2D eigenvalue weighted by Gasteiger charge is -2.07. The van der Waals surface area contributed by atoms with Gasteiger partial charge in [-0.15, -0.1) is 11.3 Å². The number of nitrogens with zero attached hydrogens (tertiary/aromatic N) is 1. The fourth-order valence-electron chi connectivity index (χ4n) is 2.09. The van der Waals surface area contributed by atoms with E-state index in [1.165, 1.54) is 0 Å². The molecular weight excluding hydrogens is 339 g/mol. The van der Waals surface area contributed by atoms with E-state index in [2.05, 4.69) is 10.3 Å². The molecule has 1 heterocycles. The van der Waals surface area contributed by atoms with E-state index >= 15 is 0 Å². The smallest absolute Gasteiger partial charge is 0.224 e. The number of carbonyl (C=O) groups is 1. The largest absolute Gasteiger partial charge is 0.349 e. The molecule has 0 radical (unpaired) electrons. The van der Waals surface area contributed by atoms with Crippen LogP contribution in [0.2, 0.25) is 10.0 Å². The van der Waals surface area contributed by atoms with Gasteiger partial charge in [0.05, 0.1) is 23.2 Å². The number of thiazole rings is 1. The molecule has 112 valence electrons. The molecule has 1 amide bonds. The van der Waals surface area contributed by atoms with Crippen molar-refractivity contribution in [3.05, 3.63) is 63.1 Å². The molecule has 1 N–H and O–H groups in total. The number of hydrogen-bond donors (Lipinski definition) is 1. The summed E-state index contributed by atoms with van der Waals surface area (Å²) in [5, 5.41) is 4.73. The van der Waals surface area contributed by atoms with Gasteiger partial charge in [-0.1, -0.05) is 41.4 Å². The van der Waals surface area contributed by atoms with Crippen molar-refractivity contribution in [1.29, 1.82) is 0 Å². The van der Waals surface area contributed by atoms with E-state index in [0.29, 0.717) is 22.2 Å². The Balaban J connectivity index is 1.65. The van der Waals surface area contributed by atoms with Crippen molar-refractivity contribution in [2.24, 2.45) is 0 Å². The van der Waals surface area contributed by atoms with Crippen LogP contribution in [0.5, 0.6) is 0 Å². The maximum absolute atomic E-state index is 12.1. The number of carbonyl (C=O) groups excluding carboxylic acids is 1. The zero-order valence-corrected chi connectivity index (χ0v) is 13.8. The summed E-state index contributed by atoms with van der Waals surface area (Å²) in [6.45, 7) is 0.403. The Morgan fingerprint density at radius 3 is 2.55 bits per heavy atom. The number of fused-ring (bicyclic) bond motifs is 1. The predicted octanol–water partition coefficient (Wildman–Crippen LogP) is 4.46. The van der Waals surface area contributed by atoms with E-state index in [9.17, 15) is 4.79 Å². The van der Waals surface area contributed by atoms with E-state index < -0.39 is 0 Å². The van der Waals surface area contributed by atoms with Gasteiger partial charge in [-0.05, 0) is 29.8 Å². The average Bonchev–Trinajstić information content (AvgIpc) is 2.92. The average molecular weight is 351 g/mol. The molecule has 0 aliphatic heterocycles. The van der Waals surface area contributed by atoms with Crippen LogP contribution in [0.15, 0.2) is 42.5 Å². The van der Waals surface area contributed by atoms with Gasteiger partial charge >= 0.3 is 0 Å².